The van der Waals surface area contributed by atoms with Crippen LogP contribution >= 0.6 is 23.2 Å². The van der Waals surface area contributed by atoms with Crippen molar-refractivity contribution in [2.45, 2.75) is 11.8 Å². The van der Waals surface area contributed by atoms with Gasteiger partial charge in [-0.25, -0.2) is 22.6 Å². The Morgan fingerprint density at radius 1 is 1.21 bits per heavy atom. The standard InChI is InChI=1S/C21H16Cl2FN5O4S/c1-2-33-21(30)14-10-27-29-19(25)13(9-26-20(14)29)12-7-6-11(8-16(12)24)28-34(31,32)17-5-3-4-15(22)18(17)23/h3-10,28H,2,25H2,1H3. The first-order chi connectivity index (χ1) is 16.1. The van der Waals surface area contributed by atoms with Crippen molar-refractivity contribution < 1.29 is 22.3 Å². The second-order valence-electron chi connectivity index (χ2n) is 6.92. The summed E-state index contributed by atoms with van der Waals surface area (Å²) in [6.45, 7) is 1.84. The van der Waals surface area contributed by atoms with Crippen LogP contribution in [0.1, 0.15) is 17.3 Å². The van der Waals surface area contributed by atoms with Crippen LogP contribution in [0.2, 0.25) is 10.0 Å². The summed E-state index contributed by atoms with van der Waals surface area (Å²) in [5, 5.41) is 3.96. The zero-order valence-corrected chi connectivity index (χ0v) is 19.7. The molecule has 34 heavy (non-hydrogen) atoms. The van der Waals surface area contributed by atoms with E-state index in [1.807, 2.05) is 0 Å². The van der Waals surface area contributed by atoms with Gasteiger partial charge in [-0.1, -0.05) is 29.3 Å². The lowest BCUT2D eigenvalue weighted by Crippen LogP contribution is -2.14. The molecule has 176 valence electrons. The number of esters is 1. The van der Waals surface area contributed by atoms with E-state index in [0.29, 0.717) is 0 Å². The number of nitrogen functional groups attached to an aromatic ring is 1. The zero-order valence-electron chi connectivity index (χ0n) is 17.4. The molecule has 0 fully saturated rings. The van der Waals surface area contributed by atoms with E-state index in [4.69, 9.17) is 33.7 Å². The Morgan fingerprint density at radius 3 is 2.68 bits per heavy atom. The second kappa shape index (κ2) is 9.09. The lowest BCUT2D eigenvalue weighted by molar-refractivity contribution is 0.0528. The molecule has 9 nitrogen and oxygen atoms in total. The van der Waals surface area contributed by atoms with Crippen molar-refractivity contribution >= 4 is 56.3 Å². The fourth-order valence-corrected chi connectivity index (χ4v) is 5.02. The molecule has 2 aromatic carbocycles. The molecule has 0 aliphatic carbocycles. The summed E-state index contributed by atoms with van der Waals surface area (Å²) in [5.41, 5.74) is 6.62. The van der Waals surface area contributed by atoms with E-state index >= 15 is 4.39 Å². The first-order valence-electron chi connectivity index (χ1n) is 9.70. The summed E-state index contributed by atoms with van der Waals surface area (Å²) >= 11 is 11.9. The number of nitrogens with zero attached hydrogens (tertiary/aromatic N) is 3. The number of carbonyl (C=O) groups excluding carboxylic acids is 1. The number of carbonyl (C=O) groups is 1. The van der Waals surface area contributed by atoms with Crippen LogP contribution in [-0.4, -0.2) is 35.6 Å². The number of halogens is 3. The highest BCUT2D eigenvalue weighted by atomic mass is 35.5. The van der Waals surface area contributed by atoms with Crippen molar-refractivity contribution in [3.63, 3.8) is 0 Å². The SMILES string of the molecule is CCOC(=O)c1cnn2c(N)c(-c3ccc(NS(=O)(=O)c4cccc(Cl)c4Cl)cc3F)cnc12. The molecule has 4 rings (SSSR count). The molecule has 13 heteroatoms. The minimum Gasteiger partial charge on any atom is -0.462 e. The van der Waals surface area contributed by atoms with E-state index in [2.05, 4.69) is 14.8 Å². The third-order valence-electron chi connectivity index (χ3n) is 4.78. The number of nitrogens with two attached hydrogens (primary N) is 1. The minimum absolute atomic E-state index is 0.0264. The number of ether oxygens (including phenoxy) is 1. The molecule has 0 unspecified atom stereocenters. The Kier molecular flexibility index (Phi) is 6.34. The molecule has 0 amide bonds. The smallest absolute Gasteiger partial charge is 0.343 e. The molecule has 0 aliphatic heterocycles. The number of nitrogens with one attached hydrogen (secondary N) is 1. The third kappa shape index (κ3) is 4.25. The van der Waals surface area contributed by atoms with Gasteiger partial charge in [0.05, 0.1) is 28.5 Å². The summed E-state index contributed by atoms with van der Waals surface area (Å²) in [4.78, 5) is 16.0. The van der Waals surface area contributed by atoms with Crippen molar-refractivity contribution in [3.8, 4) is 11.1 Å². The fraction of sp³-hybridized carbons (Fsp3) is 0.0952. The topological polar surface area (TPSA) is 129 Å². The van der Waals surface area contributed by atoms with Crippen LogP contribution in [0.3, 0.4) is 0 Å². The van der Waals surface area contributed by atoms with Gasteiger partial charge in [0.25, 0.3) is 10.0 Å². The van der Waals surface area contributed by atoms with Crippen LogP contribution in [0.5, 0.6) is 0 Å². The highest BCUT2D eigenvalue weighted by Crippen LogP contribution is 2.33. The molecule has 3 N–H and O–H groups in total. The van der Waals surface area contributed by atoms with E-state index in [1.165, 1.54) is 47.2 Å². The highest BCUT2D eigenvalue weighted by Gasteiger charge is 2.22. The van der Waals surface area contributed by atoms with Gasteiger partial charge in [0.1, 0.15) is 22.1 Å². The van der Waals surface area contributed by atoms with Crippen LogP contribution in [0.25, 0.3) is 16.8 Å². The number of aromatic nitrogens is 3. The molecule has 2 aromatic heterocycles. The first-order valence-corrected chi connectivity index (χ1v) is 11.9. The maximum Gasteiger partial charge on any atom is 0.343 e. The van der Waals surface area contributed by atoms with Gasteiger partial charge in [-0.15, -0.1) is 0 Å². The molecule has 0 saturated heterocycles. The Hall–Kier alpha value is -3.41. The van der Waals surface area contributed by atoms with Crippen LogP contribution in [0, 0.1) is 5.82 Å². The number of hydrogen-bond donors (Lipinski definition) is 2. The molecular formula is C21H16Cl2FN5O4S. The normalized spacial score (nSPS) is 11.5. The first kappa shape index (κ1) is 23.7. The maximum absolute atomic E-state index is 15.0. The number of fused-ring (bicyclic) bond motifs is 1. The van der Waals surface area contributed by atoms with Crippen LogP contribution < -0.4 is 10.5 Å². The molecular weight excluding hydrogens is 508 g/mol. The second-order valence-corrected chi connectivity index (χ2v) is 9.36. The molecule has 0 aliphatic rings. The van der Waals surface area contributed by atoms with Gasteiger partial charge in [0.2, 0.25) is 0 Å². The van der Waals surface area contributed by atoms with Gasteiger partial charge in [-0.2, -0.15) is 9.61 Å². The van der Waals surface area contributed by atoms with Crippen molar-refractivity contribution in [1.29, 1.82) is 0 Å². The zero-order chi connectivity index (χ0) is 24.6. The van der Waals surface area contributed by atoms with Gasteiger partial charge in [0.15, 0.2) is 5.65 Å². The van der Waals surface area contributed by atoms with Gasteiger partial charge >= 0.3 is 5.97 Å². The summed E-state index contributed by atoms with van der Waals surface area (Å²) < 4.78 is 48.8. The maximum atomic E-state index is 15.0. The average Bonchev–Trinajstić information content (AvgIpc) is 3.21. The largest absolute Gasteiger partial charge is 0.462 e. The predicted molar refractivity (Wildman–Crippen MR) is 126 cm³/mol. The van der Waals surface area contributed by atoms with E-state index in [9.17, 15) is 13.2 Å². The predicted octanol–water partition coefficient (Wildman–Crippen LogP) is 4.40. The minimum atomic E-state index is -4.14. The number of sulfonamides is 1. The lowest BCUT2D eigenvalue weighted by atomic mass is 10.1. The van der Waals surface area contributed by atoms with Gasteiger partial charge in [-0.05, 0) is 37.3 Å². The summed E-state index contributed by atoms with van der Waals surface area (Å²) in [7, 11) is -4.14. The number of anilines is 2. The van der Waals surface area contributed by atoms with Gasteiger partial charge in [-0.3, -0.25) is 4.72 Å². The number of rotatable bonds is 6. The van der Waals surface area contributed by atoms with E-state index in [0.717, 1.165) is 6.07 Å². The fourth-order valence-electron chi connectivity index (χ4n) is 3.21. The third-order valence-corrected chi connectivity index (χ3v) is 7.13. The van der Waals surface area contributed by atoms with Crippen LogP contribution in [0.15, 0.2) is 53.7 Å². The Balaban J connectivity index is 1.68. The van der Waals surface area contributed by atoms with Crippen molar-refractivity contribution in [2.24, 2.45) is 0 Å². The monoisotopic (exact) mass is 523 g/mol. The molecule has 2 heterocycles. The van der Waals surface area contributed by atoms with Crippen molar-refractivity contribution in [3.05, 3.63) is 70.2 Å². The van der Waals surface area contributed by atoms with Gasteiger partial charge < -0.3 is 10.5 Å². The quantitative estimate of drug-likeness (QED) is 0.358. The van der Waals surface area contributed by atoms with E-state index in [1.54, 1.807) is 6.92 Å². The van der Waals surface area contributed by atoms with Gasteiger partial charge in [0, 0.05) is 17.3 Å². The number of hydrogen-bond acceptors (Lipinski definition) is 7. The Bertz CT molecular complexity index is 1540. The molecule has 0 radical (unpaired) electrons. The highest BCUT2D eigenvalue weighted by molar-refractivity contribution is 7.92. The molecule has 0 atom stereocenters. The van der Waals surface area contributed by atoms with E-state index in [-0.39, 0.29) is 55.4 Å². The molecule has 0 saturated carbocycles. The molecule has 4 aromatic rings. The van der Waals surface area contributed by atoms with Crippen molar-refractivity contribution in [1.82, 2.24) is 14.6 Å². The average molecular weight is 524 g/mol. The number of benzene rings is 2. The van der Waals surface area contributed by atoms with Crippen LogP contribution in [-0.2, 0) is 14.8 Å². The summed E-state index contributed by atoms with van der Waals surface area (Å²) in [6.07, 6.45) is 2.55. The summed E-state index contributed by atoms with van der Waals surface area (Å²) in [5.74, 6) is -1.36. The van der Waals surface area contributed by atoms with Crippen molar-refractivity contribution in [2.75, 3.05) is 17.1 Å². The summed E-state index contributed by atoms with van der Waals surface area (Å²) in [6, 6.07) is 7.83. The molecule has 0 spiro atoms. The van der Waals surface area contributed by atoms with E-state index < -0.39 is 21.8 Å². The lowest BCUT2D eigenvalue weighted by Gasteiger charge is -2.12. The molecule has 0 bridgehead atoms. The Labute approximate surface area is 203 Å². The van der Waals surface area contributed by atoms with Crippen LogP contribution in [0.4, 0.5) is 15.9 Å². The Morgan fingerprint density at radius 2 is 1.97 bits per heavy atom.